The third-order valence-corrected chi connectivity index (χ3v) is 1.85. The zero-order valence-electron chi connectivity index (χ0n) is 8.77. The van der Waals surface area contributed by atoms with Gasteiger partial charge < -0.3 is 10.1 Å². The molecular formula is C10H19N2O2. The van der Waals surface area contributed by atoms with Crippen LogP contribution < -0.4 is 5.32 Å². The van der Waals surface area contributed by atoms with E-state index in [0.717, 1.165) is 38.6 Å². The number of unbranched alkanes of at least 4 members (excludes halogenated alkanes) is 2. The molecule has 0 saturated heterocycles. The standard InChI is InChI=1S/C10H19N2O2/c1-2-3-7-12-10(11)6-4-5-8-14-9-13/h2-8H2,1H3,(H2,11,12). The summed E-state index contributed by atoms with van der Waals surface area (Å²) in [6.45, 7) is 4.79. The molecule has 0 aromatic heterocycles. The molecule has 81 valence electrons. The van der Waals surface area contributed by atoms with Crippen molar-refractivity contribution in [2.24, 2.45) is 0 Å². The summed E-state index contributed by atoms with van der Waals surface area (Å²) in [5.41, 5.74) is 0. The van der Waals surface area contributed by atoms with E-state index in [0.29, 0.717) is 12.4 Å². The number of carbonyl (C=O) groups excluding carboxylic acids is 1. The number of amidine groups is 1. The van der Waals surface area contributed by atoms with E-state index in [9.17, 15) is 4.79 Å². The van der Waals surface area contributed by atoms with Crippen LogP contribution in [0.25, 0.3) is 0 Å². The first-order valence-corrected chi connectivity index (χ1v) is 5.11. The second-order valence-electron chi connectivity index (χ2n) is 3.15. The van der Waals surface area contributed by atoms with Crippen molar-refractivity contribution in [3.63, 3.8) is 0 Å². The van der Waals surface area contributed by atoms with Crippen molar-refractivity contribution in [1.82, 2.24) is 5.32 Å². The van der Waals surface area contributed by atoms with E-state index in [-0.39, 0.29) is 0 Å². The van der Waals surface area contributed by atoms with Crippen molar-refractivity contribution in [2.45, 2.75) is 39.0 Å². The first-order valence-electron chi connectivity index (χ1n) is 5.11. The summed E-state index contributed by atoms with van der Waals surface area (Å²) in [6.07, 6.45) is 4.65. The van der Waals surface area contributed by atoms with Crippen molar-refractivity contribution in [3.05, 3.63) is 0 Å². The van der Waals surface area contributed by atoms with Crippen LogP contribution >= 0.6 is 0 Å². The minimum absolute atomic E-state index is 0.408. The molecule has 0 spiro atoms. The average molecular weight is 199 g/mol. The highest BCUT2D eigenvalue weighted by Crippen LogP contribution is 1.95. The molecule has 0 saturated carbocycles. The molecule has 0 atom stereocenters. The molecule has 0 amide bonds. The Balaban J connectivity index is 3.14. The van der Waals surface area contributed by atoms with Gasteiger partial charge in [0.05, 0.1) is 12.4 Å². The Morgan fingerprint density at radius 2 is 2.21 bits per heavy atom. The van der Waals surface area contributed by atoms with Crippen LogP contribution in [0.1, 0.15) is 39.0 Å². The molecular weight excluding hydrogens is 180 g/mol. The lowest BCUT2D eigenvalue weighted by Gasteiger charge is -2.06. The molecule has 0 aromatic rings. The maximum absolute atomic E-state index is 9.67. The van der Waals surface area contributed by atoms with E-state index < -0.39 is 0 Å². The second kappa shape index (κ2) is 10.0. The van der Waals surface area contributed by atoms with E-state index in [1.54, 1.807) is 0 Å². The summed E-state index contributed by atoms with van der Waals surface area (Å²) in [6, 6.07) is 0. The highest BCUT2D eigenvalue weighted by atomic mass is 16.5. The van der Waals surface area contributed by atoms with Gasteiger partial charge in [0.15, 0.2) is 0 Å². The third kappa shape index (κ3) is 9.03. The Kier molecular flexibility index (Phi) is 9.26. The molecule has 2 N–H and O–H groups in total. The first kappa shape index (κ1) is 12.9. The average Bonchev–Trinajstić information content (AvgIpc) is 2.18. The van der Waals surface area contributed by atoms with Crippen LogP contribution in [0.15, 0.2) is 0 Å². The monoisotopic (exact) mass is 199 g/mol. The molecule has 0 aromatic carbocycles. The van der Waals surface area contributed by atoms with Crippen LogP contribution in [-0.2, 0) is 9.53 Å². The second-order valence-corrected chi connectivity index (χ2v) is 3.15. The fraction of sp³-hybridized carbons (Fsp3) is 0.800. The zero-order valence-corrected chi connectivity index (χ0v) is 8.77. The molecule has 0 bridgehead atoms. The lowest BCUT2D eigenvalue weighted by Crippen LogP contribution is -2.23. The number of hydrogen-bond donors (Lipinski definition) is 2. The van der Waals surface area contributed by atoms with Gasteiger partial charge in [0.1, 0.15) is 0 Å². The maximum Gasteiger partial charge on any atom is 0.417 e. The summed E-state index contributed by atoms with van der Waals surface area (Å²) in [5, 5.41) is 10.6. The first-order chi connectivity index (χ1) is 6.81. The number of hydrogen-bond acceptors (Lipinski definition) is 3. The topological polar surface area (TPSA) is 62.2 Å². The van der Waals surface area contributed by atoms with Gasteiger partial charge in [-0.2, -0.15) is 0 Å². The molecule has 14 heavy (non-hydrogen) atoms. The molecule has 0 aliphatic heterocycles. The minimum atomic E-state index is 0.408. The van der Waals surface area contributed by atoms with Crippen molar-refractivity contribution < 1.29 is 9.53 Å². The molecule has 0 aliphatic carbocycles. The largest absolute Gasteiger partial charge is 0.457 e. The van der Waals surface area contributed by atoms with E-state index in [2.05, 4.69) is 17.0 Å². The summed E-state index contributed by atoms with van der Waals surface area (Å²) in [4.78, 5) is 9.67. The fourth-order valence-electron chi connectivity index (χ4n) is 1.02. The highest BCUT2D eigenvalue weighted by Gasteiger charge is 1.95. The van der Waals surface area contributed by atoms with Crippen LogP contribution in [0.4, 0.5) is 0 Å². The molecule has 0 heterocycles. The predicted molar refractivity (Wildman–Crippen MR) is 56.1 cm³/mol. The van der Waals surface area contributed by atoms with Gasteiger partial charge in [-0.3, -0.25) is 5.41 Å². The lowest BCUT2D eigenvalue weighted by atomic mass is 10.2. The van der Waals surface area contributed by atoms with Gasteiger partial charge in [-0.15, -0.1) is 0 Å². The number of ether oxygens (including phenoxy) is 1. The quantitative estimate of drug-likeness (QED) is 0.337. The van der Waals surface area contributed by atoms with E-state index in [1.165, 1.54) is 6.47 Å². The van der Waals surface area contributed by atoms with Crippen LogP contribution in [0.2, 0.25) is 0 Å². The van der Waals surface area contributed by atoms with Crippen molar-refractivity contribution in [3.8, 4) is 0 Å². The van der Waals surface area contributed by atoms with Gasteiger partial charge in [-0.05, 0) is 19.3 Å². The zero-order chi connectivity index (χ0) is 10.6. The molecule has 0 fully saturated rings. The van der Waals surface area contributed by atoms with Gasteiger partial charge in [0.25, 0.3) is 0 Å². The van der Waals surface area contributed by atoms with Crippen LogP contribution in [0, 0.1) is 5.41 Å². The van der Waals surface area contributed by atoms with E-state index in [1.807, 2.05) is 0 Å². The maximum atomic E-state index is 9.67. The summed E-state index contributed by atoms with van der Waals surface area (Å²) in [5.74, 6) is 0.577. The Morgan fingerprint density at radius 3 is 2.86 bits per heavy atom. The Morgan fingerprint density at radius 1 is 1.43 bits per heavy atom. The lowest BCUT2D eigenvalue weighted by molar-refractivity contribution is 0.271. The summed E-state index contributed by atoms with van der Waals surface area (Å²) >= 11 is 0. The molecule has 0 unspecified atom stereocenters. The van der Waals surface area contributed by atoms with Gasteiger partial charge >= 0.3 is 6.47 Å². The van der Waals surface area contributed by atoms with E-state index >= 15 is 0 Å². The van der Waals surface area contributed by atoms with Gasteiger partial charge in [-0.25, -0.2) is 4.79 Å². The van der Waals surface area contributed by atoms with Crippen molar-refractivity contribution >= 4 is 12.3 Å². The Bertz CT molecular complexity index is 160. The van der Waals surface area contributed by atoms with Crippen LogP contribution in [-0.4, -0.2) is 25.5 Å². The molecule has 0 rings (SSSR count). The van der Waals surface area contributed by atoms with Gasteiger partial charge in [0.2, 0.25) is 0 Å². The van der Waals surface area contributed by atoms with Crippen LogP contribution in [0.3, 0.4) is 0 Å². The van der Waals surface area contributed by atoms with Crippen LogP contribution in [0.5, 0.6) is 0 Å². The molecule has 1 radical (unpaired) electrons. The normalized spacial score (nSPS) is 9.50. The third-order valence-electron chi connectivity index (χ3n) is 1.85. The van der Waals surface area contributed by atoms with Crippen molar-refractivity contribution in [1.29, 1.82) is 5.41 Å². The van der Waals surface area contributed by atoms with Gasteiger partial charge in [0, 0.05) is 13.0 Å². The minimum Gasteiger partial charge on any atom is -0.457 e. The highest BCUT2D eigenvalue weighted by molar-refractivity contribution is 5.78. The molecule has 0 aliphatic rings. The predicted octanol–water partition coefficient (Wildman–Crippen LogP) is 1.61. The summed E-state index contributed by atoms with van der Waals surface area (Å²) < 4.78 is 4.42. The van der Waals surface area contributed by atoms with Crippen molar-refractivity contribution in [2.75, 3.05) is 13.2 Å². The number of rotatable bonds is 9. The SMILES string of the molecule is CCCCNC(=N)CCCCO[C]=O. The smallest absolute Gasteiger partial charge is 0.417 e. The molecule has 4 heteroatoms. The van der Waals surface area contributed by atoms with E-state index in [4.69, 9.17) is 5.41 Å². The summed E-state index contributed by atoms with van der Waals surface area (Å²) in [7, 11) is 0. The fourth-order valence-corrected chi connectivity index (χ4v) is 1.02. The Hall–Kier alpha value is -1.06. The van der Waals surface area contributed by atoms with Gasteiger partial charge in [-0.1, -0.05) is 13.3 Å². The Labute approximate surface area is 85.5 Å². The molecule has 4 nitrogen and oxygen atoms in total. The number of nitrogens with one attached hydrogen (secondary N) is 2.